The van der Waals surface area contributed by atoms with Gasteiger partial charge in [0.15, 0.2) is 20.8 Å². The lowest BCUT2D eigenvalue weighted by atomic mass is 9.98. The third kappa shape index (κ3) is 4.21. The summed E-state index contributed by atoms with van der Waals surface area (Å²) >= 11 is 2.14. The number of hydrogen-bond acceptors (Lipinski definition) is 11. The quantitative estimate of drug-likeness (QED) is 0.0901. The Morgan fingerprint density at radius 1 is 1.27 bits per heavy atom. The van der Waals surface area contributed by atoms with Crippen LogP contribution in [0, 0.1) is 0 Å². The second-order valence-electron chi connectivity index (χ2n) is 6.19. The van der Waals surface area contributed by atoms with Crippen molar-refractivity contribution < 1.29 is 8.42 Å². The molecule has 0 aliphatic rings. The number of nitrogens with one attached hydrogen (secondary N) is 2. The number of nitrogen functional groups attached to an aromatic ring is 1. The molecule has 0 aliphatic carbocycles. The van der Waals surface area contributed by atoms with Gasteiger partial charge in [0.2, 0.25) is 0 Å². The van der Waals surface area contributed by atoms with Crippen LogP contribution in [0.4, 0.5) is 5.13 Å². The van der Waals surface area contributed by atoms with Crippen LogP contribution in [0.15, 0.2) is 45.2 Å². The van der Waals surface area contributed by atoms with E-state index in [4.69, 9.17) is 22.4 Å². The van der Waals surface area contributed by atoms with Crippen molar-refractivity contribution in [3.63, 3.8) is 0 Å². The van der Waals surface area contributed by atoms with Gasteiger partial charge in [-0.15, -0.1) is 5.10 Å². The third-order valence-electron chi connectivity index (χ3n) is 4.36. The van der Waals surface area contributed by atoms with E-state index in [9.17, 15) is 8.42 Å². The molecule has 0 radical (unpaired) electrons. The second-order valence-corrected chi connectivity index (χ2v) is 9.97. The Balaban J connectivity index is 2.35. The molecular weight excluding hydrogens is 444 g/mol. The first-order valence-electron chi connectivity index (χ1n) is 8.69. The molecule has 0 fully saturated rings. The Kier molecular flexibility index (Phi) is 6.80. The van der Waals surface area contributed by atoms with E-state index in [2.05, 4.69) is 20.9 Å². The van der Waals surface area contributed by atoms with Gasteiger partial charge in [-0.05, 0) is 36.7 Å². The number of hydrazine groups is 1. The summed E-state index contributed by atoms with van der Waals surface area (Å²) in [6.45, 7) is 0.291. The molecule has 2 aromatic carbocycles. The van der Waals surface area contributed by atoms with Gasteiger partial charge in [-0.2, -0.15) is 0 Å². The number of sulfone groups is 1. The topological polar surface area (TPSA) is 188 Å². The number of aromatic nitrogens is 1. The van der Waals surface area contributed by atoms with Crippen LogP contribution in [0.25, 0.3) is 21.3 Å². The molecule has 1 aromatic heterocycles. The first-order valence-corrected chi connectivity index (χ1v) is 12.0. The van der Waals surface area contributed by atoms with Crippen LogP contribution in [-0.2, 0) is 9.84 Å². The lowest BCUT2D eigenvalue weighted by Gasteiger charge is -2.17. The lowest BCUT2D eigenvalue weighted by Crippen LogP contribution is -2.25. The van der Waals surface area contributed by atoms with Gasteiger partial charge in [0, 0.05) is 17.7 Å². The summed E-state index contributed by atoms with van der Waals surface area (Å²) in [5.41, 5.74) is 16.6. The SMILES string of the molecule is CNCCS(=O)(=O)c1ccc(-c2cccc3sc(N)nc23)c(/C(N)=N/NN)c1SN. The maximum absolute atomic E-state index is 12.9. The summed E-state index contributed by atoms with van der Waals surface area (Å²) in [5.74, 6) is 5.22. The number of thiazole rings is 1. The highest BCUT2D eigenvalue weighted by Crippen LogP contribution is 2.39. The smallest absolute Gasteiger partial charge is 0.181 e. The fourth-order valence-electron chi connectivity index (χ4n) is 3.06. The molecule has 0 unspecified atom stereocenters. The van der Waals surface area contributed by atoms with Crippen LogP contribution < -0.4 is 33.3 Å². The van der Waals surface area contributed by atoms with Gasteiger partial charge in [-0.3, -0.25) is 5.14 Å². The summed E-state index contributed by atoms with van der Waals surface area (Å²) in [4.78, 5) is 4.77. The third-order valence-corrected chi connectivity index (χ3v) is 7.75. The molecule has 0 aliphatic heterocycles. The average molecular weight is 467 g/mol. The number of nitrogens with two attached hydrogens (primary N) is 4. The van der Waals surface area contributed by atoms with Crippen LogP contribution in [0.1, 0.15) is 5.56 Å². The van der Waals surface area contributed by atoms with Gasteiger partial charge in [-0.1, -0.05) is 29.5 Å². The minimum Gasteiger partial charge on any atom is -0.382 e. The van der Waals surface area contributed by atoms with E-state index in [1.807, 2.05) is 18.2 Å². The van der Waals surface area contributed by atoms with E-state index < -0.39 is 9.84 Å². The van der Waals surface area contributed by atoms with Gasteiger partial charge in [-0.25, -0.2) is 24.8 Å². The van der Waals surface area contributed by atoms with Crippen molar-refractivity contribution in [2.24, 2.45) is 21.8 Å². The monoisotopic (exact) mass is 466 g/mol. The van der Waals surface area contributed by atoms with Gasteiger partial charge >= 0.3 is 0 Å². The van der Waals surface area contributed by atoms with E-state index in [0.29, 0.717) is 28.3 Å². The van der Waals surface area contributed by atoms with Crippen molar-refractivity contribution in [2.45, 2.75) is 9.79 Å². The molecule has 0 saturated heterocycles. The zero-order valence-corrected chi connectivity index (χ0v) is 18.5. The zero-order chi connectivity index (χ0) is 21.9. The molecule has 3 aromatic rings. The number of benzene rings is 2. The highest BCUT2D eigenvalue weighted by Gasteiger charge is 2.26. The van der Waals surface area contributed by atoms with E-state index in [1.54, 1.807) is 13.1 Å². The molecule has 10 nitrogen and oxygen atoms in total. The van der Waals surface area contributed by atoms with Crippen LogP contribution in [0.2, 0.25) is 0 Å². The molecule has 0 spiro atoms. The summed E-state index contributed by atoms with van der Waals surface area (Å²) < 4.78 is 26.7. The maximum atomic E-state index is 12.9. The Morgan fingerprint density at radius 2 is 2.03 bits per heavy atom. The second kappa shape index (κ2) is 9.16. The molecule has 30 heavy (non-hydrogen) atoms. The molecule has 160 valence electrons. The molecule has 0 bridgehead atoms. The molecule has 3 rings (SSSR count). The molecule has 10 N–H and O–H groups in total. The number of fused-ring (bicyclic) bond motifs is 1. The minimum absolute atomic E-state index is 0.00804. The minimum atomic E-state index is -3.63. The fraction of sp³-hybridized carbons (Fsp3) is 0.176. The van der Waals surface area contributed by atoms with E-state index in [0.717, 1.165) is 22.2 Å². The standard InChI is InChI=1S/C17H22N8O2S3/c1-22-7-8-30(26,27)12-6-5-9(13(15(12)29-21)16(18)24-25-20)10-3-2-4-11-14(10)23-17(19)28-11/h2-6,22,25H,7-8,20-21H2,1H3,(H2,18,24)(H2,19,23). The van der Waals surface area contributed by atoms with Crippen LogP contribution >= 0.6 is 23.3 Å². The summed E-state index contributed by atoms with van der Waals surface area (Å²) in [6.07, 6.45) is 0. The van der Waals surface area contributed by atoms with Crippen LogP contribution in [-0.4, -0.2) is 38.6 Å². The first kappa shape index (κ1) is 22.3. The largest absolute Gasteiger partial charge is 0.382 e. The van der Waals surface area contributed by atoms with Gasteiger partial charge in [0.25, 0.3) is 0 Å². The maximum Gasteiger partial charge on any atom is 0.181 e. The number of para-hydroxylation sites is 1. The highest BCUT2D eigenvalue weighted by atomic mass is 32.2. The van der Waals surface area contributed by atoms with Crippen molar-refractivity contribution in [2.75, 3.05) is 25.1 Å². The van der Waals surface area contributed by atoms with Crippen molar-refractivity contribution in [1.82, 2.24) is 15.8 Å². The van der Waals surface area contributed by atoms with Crippen molar-refractivity contribution >= 4 is 54.3 Å². The van der Waals surface area contributed by atoms with E-state index in [-0.39, 0.29) is 21.4 Å². The van der Waals surface area contributed by atoms with Crippen molar-refractivity contribution in [3.8, 4) is 11.1 Å². The highest BCUT2D eigenvalue weighted by molar-refractivity contribution is 7.98. The molecule has 0 saturated carbocycles. The number of hydrogen-bond donors (Lipinski definition) is 6. The molecule has 1 heterocycles. The summed E-state index contributed by atoms with van der Waals surface area (Å²) in [5, 5.41) is 13.0. The van der Waals surface area contributed by atoms with Gasteiger partial charge in [0.1, 0.15) is 0 Å². The Morgan fingerprint density at radius 3 is 2.70 bits per heavy atom. The number of rotatable bonds is 8. The number of nitrogens with zero attached hydrogens (tertiary/aromatic N) is 2. The average Bonchev–Trinajstić information content (AvgIpc) is 3.11. The molecular formula is C17H22N8O2S3. The summed E-state index contributed by atoms with van der Waals surface area (Å²) in [7, 11) is -1.95. The number of anilines is 1. The Hall–Kier alpha value is -2.42. The van der Waals surface area contributed by atoms with Gasteiger partial charge in [0.05, 0.1) is 25.8 Å². The van der Waals surface area contributed by atoms with Crippen molar-refractivity contribution in [3.05, 3.63) is 35.9 Å². The fourth-order valence-corrected chi connectivity index (χ4v) is 6.21. The predicted molar refractivity (Wildman–Crippen MR) is 124 cm³/mol. The Bertz CT molecular complexity index is 1210. The van der Waals surface area contributed by atoms with E-state index >= 15 is 0 Å². The number of amidine groups is 1. The number of hydrazone groups is 1. The molecule has 0 amide bonds. The van der Waals surface area contributed by atoms with Gasteiger partial charge < -0.3 is 16.8 Å². The first-order chi connectivity index (χ1) is 14.3. The zero-order valence-electron chi connectivity index (χ0n) is 16.0. The molecule has 0 atom stereocenters. The van der Waals surface area contributed by atoms with Crippen molar-refractivity contribution in [1.29, 1.82) is 0 Å². The predicted octanol–water partition coefficient (Wildman–Crippen LogP) is 0.588. The van der Waals surface area contributed by atoms with Crippen LogP contribution in [0.5, 0.6) is 0 Å². The van der Waals surface area contributed by atoms with E-state index in [1.165, 1.54) is 17.4 Å². The lowest BCUT2D eigenvalue weighted by molar-refractivity contribution is 0.591. The Labute approximate surface area is 182 Å². The van der Waals surface area contributed by atoms with Crippen LogP contribution in [0.3, 0.4) is 0 Å². The normalized spacial score (nSPS) is 12.4. The summed E-state index contributed by atoms with van der Waals surface area (Å²) in [6, 6.07) is 8.81. The molecule has 13 heteroatoms.